The van der Waals surface area contributed by atoms with Crippen molar-refractivity contribution in [3.05, 3.63) is 35.9 Å². The molecule has 0 atom stereocenters. The Labute approximate surface area is 67.2 Å². The Hall–Kier alpha value is -1.26. The van der Waals surface area contributed by atoms with Crippen LogP contribution in [-0.4, -0.2) is 6.54 Å². The van der Waals surface area contributed by atoms with Crippen LogP contribution in [-0.2, 0) is 6.42 Å². The molecule has 0 aliphatic heterocycles. The predicted molar refractivity (Wildman–Crippen MR) is 47.0 cm³/mol. The van der Waals surface area contributed by atoms with Gasteiger partial charge in [-0.2, -0.15) is 0 Å². The molecule has 0 amide bonds. The first-order valence-corrected chi connectivity index (χ1v) is 3.63. The first kappa shape index (κ1) is 7.84. The molecule has 11 heavy (non-hydrogen) atoms. The highest BCUT2D eigenvalue weighted by atomic mass is 14.5. The molecule has 0 radical (unpaired) electrons. The molecule has 0 fully saturated rings. The van der Waals surface area contributed by atoms with Crippen LogP contribution in [0.2, 0.25) is 0 Å². The molecule has 1 rings (SSSR count). The average Bonchev–Trinajstić information content (AvgIpc) is 2.07. The third-order valence-corrected chi connectivity index (χ3v) is 1.36. The minimum absolute atomic E-state index is 0.451. The lowest BCUT2D eigenvalue weighted by molar-refractivity contribution is 1.27. The Morgan fingerprint density at radius 1 is 1.09 bits per heavy atom. The zero-order valence-corrected chi connectivity index (χ0v) is 6.38. The van der Waals surface area contributed by atoms with Crippen molar-refractivity contribution in [3.8, 4) is 11.8 Å². The molecule has 0 unspecified atom stereocenters. The number of nitrogens with two attached hydrogens (primary N) is 1. The highest BCUT2D eigenvalue weighted by molar-refractivity contribution is 5.20. The molecule has 0 saturated carbocycles. The maximum Gasteiger partial charge on any atom is 0.0551 e. The van der Waals surface area contributed by atoms with Gasteiger partial charge in [0.05, 0.1) is 6.54 Å². The lowest BCUT2D eigenvalue weighted by Crippen LogP contribution is -1.93. The number of hydrogen-bond donors (Lipinski definition) is 1. The van der Waals surface area contributed by atoms with Crippen molar-refractivity contribution in [2.45, 2.75) is 6.42 Å². The Morgan fingerprint density at radius 3 is 2.45 bits per heavy atom. The van der Waals surface area contributed by atoms with Crippen LogP contribution in [0.5, 0.6) is 0 Å². The van der Waals surface area contributed by atoms with E-state index in [-0.39, 0.29) is 0 Å². The van der Waals surface area contributed by atoms with Gasteiger partial charge in [-0.25, -0.2) is 0 Å². The van der Waals surface area contributed by atoms with Crippen LogP contribution in [0, 0.1) is 11.8 Å². The van der Waals surface area contributed by atoms with Gasteiger partial charge in [-0.1, -0.05) is 42.2 Å². The van der Waals surface area contributed by atoms with Crippen molar-refractivity contribution in [1.82, 2.24) is 0 Å². The fourth-order valence-corrected chi connectivity index (χ4v) is 0.833. The quantitative estimate of drug-likeness (QED) is 0.590. The van der Waals surface area contributed by atoms with Gasteiger partial charge in [-0.05, 0) is 5.56 Å². The van der Waals surface area contributed by atoms with Crippen LogP contribution in [0.4, 0.5) is 0 Å². The van der Waals surface area contributed by atoms with Crippen LogP contribution < -0.4 is 5.73 Å². The smallest absolute Gasteiger partial charge is 0.0551 e. The van der Waals surface area contributed by atoms with Crippen molar-refractivity contribution in [1.29, 1.82) is 0 Å². The average molecular weight is 145 g/mol. The Morgan fingerprint density at radius 2 is 1.82 bits per heavy atom. The minimum atomic E-state index is 0.451. The highest BCUT2D eigenvalue weighted by Gasteiger charge is 1.83. The predicted octanol–water partition coefficient (Wildman–Crippen LogP) is 1.19. The molecule has 1 aromatic carbocycles. The second kappa shape index (κ2) is 4.54. The summed E-state index contributed by atoms with van der Waals surface area (Å²) in [7, 11) is 0. The standard InChI is InChI=1S/C10H11N/c11-9-5-4-8-10-6-2-1-3-7-10/h1-3,6-7H,8-9,11H2. The summed E-state index contributed by atoms with van der Waals surface area (Å²) in [6.07, 6.45) is 0.804. The Kier molecular flexibility index (Phi) is 3.24. The fraction of sp³-hybridized carbons (Fsp3) is 0.200. The molecule has 0 aromatic heterocycles. The minimum Gasteiger partial charge on any atom is -0.320 e. The zero-order chi connectivity index (χ0) is 7.94. The van der Waals surface area contributed by atoms with Crippen LogP contribution >= 0.6 is 0 Å². The lowest BCUT2D eigenvalue weighted by Gasteiger charge is -1.90. The molecule has 0 aliphatic rings. The van der Waals surface area contributed by atoms with Gasteiger partial charge in [0.25, 0.3) is 0 Å². The molecular weight excluding hydrogens is 134 g/mol. The summed E-state index contributed by atoms with van der Waals surface area (Å²) in [6, 6.07) is 10.1. The first-order valence-electron chi connectivity index (χ1n) is 3.63. The molecule has 1 aromatic rings. The van der Waals surface area contributed by atoms with E-state index in [9.17, 15) is 0 Å². The van der Waals surface area contributed by atoms with E-state index in [1.807, 2.05) is 18.2 Å². The lowest BCUT2D eigenvalue weighted by atomic mass is 10.2. The molecule has 0 saturated heterocycles. The van der Waals surface area contributed by atoms with Crippen molar-refractivity contribution in [3.63, 3.8) is 0 Å². The Bertz CT molecular complexity index is 253. The van der Waals surface area contributed by atoms with E-state index in [0.717, 1.165) is 6.42 Å². The SMILES string of the molecule is NCC#CCc1ccccc1. The Balaban J connectivity index is 2.52. The second-order valence-corrected chi connectivity index (χ2v) is 2.22. The molecule has 1 nitrogen and oxygen atoms in total. The van der Waals surface area contributed by atoms with Gasteiger partial charge in [0.1, 0.15) is 0 Å². The third kappa shape index (κ3) is 2.88. The van der Waals surface area contributed by atoms with Crippen molar-refractivity contribution in [2.75, 3.05) is 6.54 Å². The van der Waals surface area contributed by atoms with Crippen molar-refractivity contribution < 1.29 is 0 Å². The fourth-order valence-electron chi connectivity index (χ4n) is 0.833. The molecule has 1 heteroatoms. The van der Waals surface area contributed by atoms with Gasteiger partial charge in [0, 0.05) is 6.42 Å². The molecular formula is C10H11N. The van der Waals surface area contributed by atoms with Crippen molar-refractivity contribution >= 4 is 0 Å². The molecule has 0 heterocycles. The first-order chi connectivity index (χ1) is 5.43. The zero-order valence-electron chi connectivity index (χ0n) is 6.38. The van der Waals surface area contributed by atoms with Crippen molar-refractivity contribution in [2.24, 2.45) is 5.73 Å². The summed E-state index contributed by atoms with van der Waals surface area (Å²) in [5.74, 6) is 5.80. The maximum atomic E-state index is 5.22. The van der Waals surface area contributed by atoms with E-state index in [2.05, 4.69) is 24.0 Å². The normalized spacial score (nSPS) is 8.45. The van der Waals surface area contributed by atoms with E-state index in [1.54, 1.807) is 0 Å². The van der Waals surface area contributed by atoms with E-state index < -0.39 is 0 Å². The molecule has 0 bridgehead atoms. The van der Waals surface area contributed by atoms with Crippen LogP contribution in [0.3, 0.4) is 0 Å². The van der Waals surface area contributed by atoms with E-state index in [1.165, 1.54) is 5.56 Å². The largest absolute Gasteiger partial charge is 0.320 e. The van der Waals surface area contributed by atoms with E-state index >= 15 is 0 Å². The molecule has 0 spiro atoms. The summed E-state index contributed by atoms with van der Waals surface area (Å²) < 4.78 is 0. The van der Waals surface area contributed by atoms with E-state index in [4.69, 9.17) is 5.73 Å². The summed E-state index contributed by atoms with van der Waals surface area (Å²) >= 11 is 0. The van der Waals surface area contributed by atoms with Crippen LogP contribution in [0.15, 0.2) is 30.3 Å². The van der Waals surface area contributed by atoms with Gasteiger partial charge in [0.15, 0.2) is 0 Å². The summed E-state index contributed by atoms with van der Waals surface area (Å²) in [5, 5.41) is 0. The van der Waals surface area contributed by atoms with Gasteiger partial charge in [-0.3, -0.25) is 0 Å². The van der Waals surface area contributed by atoms with Gasteiger partial charge in [0.2, 0.25) is 0 Å². The molecule has 56 valence electrons. The van der Waals surface area contributed by atoms with E-state index in [0.29, 0.717) is 6.54 Å². The second-order valence-electron chi connectivity index (χ2n) is 2.22. The van der Waals surface area contributed by atoms with Gasteiger partial charge < -0.3 is 5.73 Å². The highest BCUT2D eigenvalue weighted by Crippen LogP contribution is 1.97. The number of rotatable bonds is 1. The molecule has 2 N–H and O–H groups in total. The summed E-state index contributed by atoms with van der Waals surface area (Å²) in [4.78, 5) is 0. The third-order valence-electron chi connectivity index (χ3n) is 1.36. The summed E-state index contributed by atoms with van der Waals surface area (Å²) in [6.45, 7) is 0.451. The van der Waals surface area contributed by atoms with Crippen LogP contribution in [0.1, 0.15) is 5.56 Å². The maximum absolute atomic E-state index is 5.22. The van der Waals surface area contributed by atoms with Gasteiger partial charge in [-0.15, -0.1) is 0 Å². The number of benzene rings is 1. The monoisotopic (exact) mass is 145 g/mol. The van der Waals surface area contributed by atoms with Crippen LogP contribution in [0.25, 0.3) is 0 Å². The van der Waals surface area contributed by atoms with Gasteiger partial charge >= 0.3 is 0 Å². The number of hydrogen-bond acceptors (Lipinski definition) is 1. The summed E-state index contributed by atoms with van der Waals surface area (Å²) in [5.41, 5.74) is 6.46. The topological polar surface area (TPSA) is 26.0 Å². The molecule has 0 aliphatic carbocycles.